The van der Waals surface area contributed by atoms with Gasteiger partial charge in [-0.25, -0.2) is 0 Å². The predicted octanol–water partition coefficient (Wildman–Crippen LogP) is 4.54. The maximum atomic E-state index is 4.41. The van der Waals surface area contributed by atoms with Crippen LogP contribution in [0, 0.1) is 5.92 Å². The first-order valence-electron chi connectivity index (χ1n) is 10.8. The zero-order chi connectivity index (χ0) is 18.8. The standard InChI is InChI=1S/C24H30N4/c1-2-10-22-20(8-1)9-5-11-23(22)24-21(15-25-26-24)18-28-14-6-7-19(17-28)16-27-12-3-4-13-27/h1-2,5,8-11,15,19H,3-4,6-7,12-14,16-18H2,(H,25,26). The van der Waals surface area contributed by atoms with E-state index in [1.165, 1.54) is 86.0 Å². The van der Waals surface area contributed by atoms with Crippen LogP contribution in [0.1, 0.15) is 31.2 Å². The Balaban J connectivity index is 1.33. The number of hydrogen-bond acceptors (Lipinski definition) is 3. The summed E-state index contributed by atoms with van der Waals surface area (Å²) in [5.41, 5.74) is 3.76. The third kappa shape index (κ3) is 3.71. The fourth-order valence-electron chi connectivity index (χ4n) is 5.12. The van der Waals surface area contributed by atoms with Crippen LogP contribution < -0.4 is 0 Å². The third-order valence-electron chi connectivity index (χ3n) is 6.49. The molecule has 4 nitrogen and oxygen atoms in total. The number of aromatic nitrogens is 2. The number of nitrogens with zero attached hydrogens (tertiary/aromatic N) is 3. The van der Waals surface area contributed by atoms with Crippen molar-refractivity contribution in [1.29, 1.82) is 0 Å². The molecule has 3 heterocycles. The Hall–Kier alpha value is -2.17. The molecule has 2 saturated heterocycles. The number of likely N-dealkylation sites (tertiary alicyclic amines) is 2. The molecule has 0 aliphatic carbocycles. The highest BCUT2D eigenvalue weighted by Crippen LogP contribution is 2.31. The average Bonchev–Trinajstić information content (AvgIpc) is 3.40. The Labute approximate surface area is 167 Å². The highest BCUT2D eigenvalue weighted by atomic mass is 15.2. The van der Waals surface area contributed by atoms with Crippen molar-refractivity contribution in [1.82, 2.24) is 20.0 Å². The van der Waals surface area contributed by atoms with Crippen molar-refractivity contribution in [3.05, 3.63) is 54.2 Å². The lowest BCUT2D eigenvalue weighted by molar-refractivity contribution is 0.137. The summed E-state index contributed by atoms with van der Waals surface area (Å²) in [5, 5.41) is 10.3. The molecule has 2 fully saturated rings. The zero-order valence-corrected chi connectivity index (χ0v) is 16.6. The van der Waals surface area contributed by atoms with Gasteiger partial charge < -0.3 is 4.90 Å². The fourth-order valence-corrected chi connectivity index (χ4v) is 5.12. The minimum Gasteiger partial charge on any atom is -0.303 e. The van der Waals surface area contributed by atoms with Crippen LogP contribution >= 0.6 is 0 Å². The van der Waals surface area contributed by atoms with Gasteiger partial charge in [0.25, 0.3) is 0 Å². The maximum absolute atomic E-state index is 4.41. The van der Waals surface area contributed by atoms with Crippen LogP contribution in [-0.4, -0.2) is 52.7 Å². The number of H-pyrrole nitrogens is 1. The van der Waals surface area contributed by atoms with Gasteiger partial charge in [-0.1, -0.05) is 42.5 Å². The van der Waals surface area contributed by atoms with Crippen molar-refractivity contribution in [2.75, 3.05) is 32.7 Å². The Morgan fingerprint density at radius 2 is 1.75 bits per heavy atom. The van der Waals surface area contributed by atoms with Crippen molar-refractivity contribution in [2.45, 2.75) is 32.2 Å². The van der Waals surface area contributed by atoms with E-state index in [1.54, 1.807) is 0 Å². The van der Waals surface area contributed by atoms with E-state index in [1.807, 2.05) is 6.20 Å². The smallest absolute Gasteiger partial charge is 0.0701 e. The number of hydrogen-bond donors (Lipinski definition) is 1. The van der Waals surface area contributed by atoms with E-state index in [2.05, 4.69) is 62.5 Å². The molecule has 5 rings (SSSR count). The molecule has 0 bridgehead atoms. The lowest BCUT2D eigenvalue weighted by atomic mass is 9.96. The number of rotatable bonds is 5. The number of aromatic amines is 1. The number of benzene rings is 2. The van der Waals surface area contributed by atoms with Crippen molar-refractivity contribution < 1.29 is 0 Å². The quantitative estimate of drug-likeness (QED) is 0.712. The Morgan fingerprint density at radius 3 is 2.68 bits per heavy atom. The second kappa shape index (κ2) is 8.06. The molecule has 0 saturated carbocycles. The molecule has 0 radical (unpaired) electrons. The minimum absolute atomic E-state index is 0.819. The lowest BCUT2D eigenvalue weighted by Gasteiger charge is -2.34. The summed E-state index contributed by atoms with van der Waals surface area (Å²) in [5.74, 6) is 0.819. The van der Waals surface area contributed by atoms with Gasteiger partial charge in [0.1, 0.15) is 0 Å². The molecule has 28 heavy (non-hydrogen) atoms. The van der Waals surface area contributed by atoms with Crippen LogP contribution in [0.2, 0.25) is 0 Å². The molecular formula is C24H30N4. The molecule has 146 valence electrons. The molecule has 1 unspecified atom stereocenters. The molecule has 0 spiro atoms. The summed E-state index contributed by atoms with van der Waals surface area (Å²) in [4.78, 5) is 5.32. The first-order valence-corrected chi connectivity index (χ1v) is 10.8. The zero-order valence-electron chi connectivity index (χ0n) is 16.6. The van der Waals surface area contributed by atoms with E-state index in [0.717, 1.165) is 12.5 Å². The van der Waals surface area contributed by atoms with E-state index < -0.39 is 0 Å². The number of fused-ring (bicyclic) bond motifs is 1. The SMILES string of the molecule is c1ccc2c(-c3[nH]ncc3CN3CCCC(CN4CCCC4)C3)cccc2c1. The van der Waals surface area contributed by atoms with Gasteiger partial charge in [-0.3, -0.25) is 10.00 Å². The minimum atomic E-state index is 0.819. The van der Waals surface area contributed by atoms with Crippen molar-refractivity contribution >= 4 is 10.8 Å². The van der Waals surface area contributed by atoms with E-state index in [0.29, 0.717) is 0 Å². The van der Waals surface area contributed by atoms with Crippen LogP contribution in [0.15, 0.2) is 48.7 Å². The van der Waals surface area contributed by atoms with E-state index in [-0.39, 0.29) is 0 Å². The second-order valence-electron chi connectivity index (χ2n) is 8.55. The van der Waals surface area contributed by atoms with Gasteiger partial charge in [-0.15, -0.1) is 0 Å². The Bertz CT molecular complexity index is 920. The highest BCUT2D eigenvalue weighted by Gasteiger charge is 2.24. The normalized spacial score (nSPS) is 21.5. The summed E-state index contributed by atoms with van der Waals surface area (Å²) < 4.78 is 0. The summed E-state index contributed by atoms with van der Waals surface area (Å²) in [7, 11) is 0. The van der Waals surface area contributed by atoms with Crippen molar-refractivity contribution in [2.24, 2.45) is 5.92 Å². The summed E-state index contributed by atoms with van der Waals surface area (Å²) in [6.07, 6.45) is 7.51. The first kappa shape index (κ1) is 17.9. The molecule has 2 aromatic carbocycles. The van der Waals surface area contributed by atoms with E-state index in [4.69, 9.17) is 0 Å². The van der Waals surface area contributed by atoms with Gasteiger partial charge >= 0.3 is 0 Å². The molecule has 1 aromatic heterocycles. The monoisotopic (exact) mass is 374 g/mol. The van der Waals surface area contributed by atoms with Gasteiger partial charge in [0.05, 0.1) is 11.9 Å². The van der Waals surface area contributed by atoms with Gasteiger partial charge in [-0.05, 0) is 62.0 Å². The third-order valence-corrected chi connectivity index (χ3v) is 6.49. The van der Waals surface area contributed by atoms with Crippen LogP contribution in [0.5, 0.6) is 0 Å². The predicted molar refractivity (Wildman–Crippen MR) is 115 cm³/mol. The second-order valence-corrected chi connectivity index (χ2v) is 8.55. The molecular weight excluding hydrogens is 344 g/mol. The molecule has 4 heteroatoms. The van der Waals surface area contributed by atoms with E-state index in [9.17, 15) is 0 Å². The highest BCUT2D eigenvalue weighted by molar-refractivity contribution is 5.96. The van der Waals surface area contributed by atoms with E-state index >= 15 is 0 Å². The number of piperidine rings is 1. The Kier molecular flexibility index (Phi) is 5.15. The van der Waals surface area contributed by atoms with Crippen LogP contribution in [0.3, 0.4) is 0 Å². The van der Waals surface area contributed by atoms with Gasteiger partial charge in [0.15, 0.2) is 0 Å². The molecule has 2 aliphatic heterocycles. The van der Waals surface area contributed by atoms with Gasteiger partial charge in [-0.2, -0.15) is 5.10 Å². The lowest BCUT2D eigenvalue weighted by Crippen LogP contribution is -2.40. The average molecular weight is 375 g/mol. The van der Waals surface area contributed by atoms with Crippen molar-refractivity contribution in [3.8, 4) is 11.3 Å². The fraction of sp³-hybridized carbons (Fsp3) is 0.458. The molecule has 2 aliphatic rings. The molecule has 1 N–H and O–H groups in total. The summed E-state index contributed by atoms with van der Waals surface area (Å²) >= 11 is 0. The van der Waals surface area contributed by atoms with Crippen LogP contribution in [0.4, 0.5) is 0 Å². The summed E-state index contributed by atoms with van der Waals surface area (Å²) in [6.45, 7) is 7.32. The molecule has 3 aromatic rings. The summed E-state index contributed by atoms with van der Waals surface area (Å²) in [6, 6.07) is 15.2. The van der Waals surface area contributed by atoms with Gasteiger partial charge in [0, 0.05) is 30.8 Å². The van der Waals surface area contributed by atoms with Crippen LogP contribution in [-0.2, 0) is 6.54 Å². The topological polar surface area (TPSA) is 35.2 Å². The Morgan fingerprint density at radius 1 is 0.929 bits per heavy atom. The van der Waals surface area contributed by atoms with Crippen molar-refractivity contribution in [3.63, 3.8) is 0 Å². The van der Waals surface area contributed by atoms with Crippen LogP contribution in [0.25, 0.3) is 22.0 Å². The first-order chi connectivity index (χ1) is 13.9. The molecule has 0 amide bonds. The van der Waals surface area contributed by atoms with Gasteiger partial charge in [0.2, 0.25) is 0 Å². The largest absolute Gasteiger partial charge is 0.303 e. The maximum Gasteiger partial charge on any atom is 0.0701 e. The number of nitrogens with one attached hydrogen (secondary N) is 1. The molecule has 1 atom stereocenters.